The number of rotatable bonds is 8. The van der Waals surface area contributed by atoms with Gasteiger partial charge in [-0.3, -0.25) is 0 Å². The van der Waals surface area contributed by atoms with E-state index in [0.717, 1.165) is 24.0 Å². The van der Waals surface area contributed by atoms with Gasteiger partial charge in [-0.2, -0.15) is 0 Å². The van der Waals surface area contributed by atoms with Crippen LogP contribution in [-0.4, -0.2) is 110 Å². The van der Waals surface area contributed by atoms with E-state index < -0.39 is 74.6 Å². The third-order valence-electron chi connectivity index (χ3n) is 7.86. The van der Waals surface area contributed by atoms with Crippen LogP contribution in [0.2, 0.25) is 0 Å². The Morgan fingerprint density at radius 3 is 2.08 bits per heavy atom. The monoisotopic (exact) mass is 544 g/mol. The van der Waals surface area contributed by atoms with Crippen LogP contribution in [0.5, 0.6) is 0 Å². The van der Waals surface area contributed by atoms with Crippen molar-refractivity contribution >= 4 is 0 Å². The van der Waals surface area contributed by atoms with Crippen LogP contribution in [0.15, 0.2) is 34.6 Å². The normalized spacial score (nSPS) is 40.8. The molecule has 0 aromatic carbocycles. The van der Waals surface area contributed by atoms with E-state index in [9.17, 15) is 35.7 Å². The fourth-order valence-corrected chi connectivity index (χ4v) is 5.22. The van der Waals surface area contributed by atoms with Crippen LogP contribution >= 0.6 is 0 Å². The second-order valence-electron chi connectivity index (χ2n) is 11.2. The summed E-state index contributed by atoms with van der Waals surface area (Å²) in [4.78, 5) is 0. The molecule has 11 heteroatoms. The SMILES string of the molecule is CC1=C(/C=C(C)/C(C)=C/O[C@H]2O[C@H](CO)[C@@H](O[C@@H]3O[C@H](CO)[C@@H](O)[C@H](O)[C@H]3O)[C@H](O)[C@H]2O)C(C)(C)CCC1. The zero-order valence-corrected chi connectivity index (χ0v) is 22.7. The van der Waals surface area contributed by atoms with Gasteiger partial charge in [0.1, 0.15) is 48.8 Å². The molecule has 218 valence electrons. The van der Waals surface area contributed by atoms with Crippen molar-refractivity contribution in [3.63, 3.8) is 0 Å². The van der Waals surface area contributed by atoms with Crippen molar-refractivity contribution in [2.45, 2.75) is 115 Å². The molecule has 0 radical (unpaired) electrons. The highest BCUT2D eigenvalue weighted by atomic mass is 16.7. The molecule has 2 heterocycles. The highest BCUT2D eigenvalue weighted by Gasteiger charge is 2.50. The summed E-state index contributed by atoms with van der Waals surface area (Å²) in [5.74, 6) is 0. The zero-order chi connectivity index (χ0) is 28.4. The first-order valence-corrected chi connectivity index (χ1v) is 13.1. The molecule has 3 aliphatic rings. The Hall–Kier alpha value is -1.38. The molecular weight excluding hydrogens is 500 g/mol. The van der Waals surface area contributed by atoms with Crippen molar-refractivity contribution in [3.05, 3.63) is 34.6 Å². The largest absolute Gasteiger partial charge is 0.469 e. The van der Waals surface area contributed by atoms with Crippen molar-refractivity contribution in [2.75, 3.05) is 13.2 Å². The van der Waals surface area contributed by atoms with Gasteiger partial charge in [-0.15, -0.1) is 0 Å². The molecule has 3 rings (SSSR count). The predicted octanol–water partition coefficient (Wildman–Crippen LogP) is 0.00380. The summed E-state index contributed by atoms with van der Waals surface area (Å²) in [6.07, 6.45) is -8.00. The molecule has 0 spiro atoms. The summed E-state index contributed by atoms with van der Waals surface area (Å²) >= 11 is 0. The van der Waals surface area contributed by atoms with Crippen LogP contribution in [0.3, 0.4) is 0 Å². The predicted molar refractivity (Wildman–Crippen MR) is 135 cm³/mol. The number of ether oxygens (including phenoxy) is 4. The minimum Gasteiger partial charge on any atom is -0.469 e. The number of allylic oxidation sites excluding steroid dienone is 5. The van der Waals surface area contributed by atoms with Crippen LogP contribution in [-0.2, 0) is 18.9 Å². The summed E-state index contributed by atoms with van der Waals surface area (Å²) in [5, 5.41) is 70.9. The van der Waals surface area contributed by atoms with Gasteiger partial charge in [0.25, 0.3) is 0 Å². The maximum Gasteiger partial charge on any atom is 0.228 e. The second-order valence-corrected chi connectivity index (χ2v) is 11.2. The standard InChI is InChI=1S/C27H44O11/c1-13-7-6-8-27(4,5)16(13)9-14(2)15(3)12-35-25-23(34)21(32)24(18(11-29)37-25)38-26-22(33)20(31)19(30)17(10-28)36-26/h9,12,17-26,28-34H,6-8,10-11H2,1-5H3/b14-9+,15-12+/t17-,18-,19-,20+,21-,22-,23-,24-,25+,26+/m1/s1. The Kier molecular flexibility index (Phi) is 10.5. The van der Waals surface area contributed by atoms with Gasteiger partial charge < -0.3 is 54.7 Å². The molecular formula is C27H44O11. The van der Waals surface area contributed by atoms with E-state index in [1.54, 1.807) is 0 Å². The maximum atomic E-state index is 10.8. The van der Waals surface area contributed by atoms with Gasteiger partial charge in [0.15, 0.2) is 6.29 Å². The number of hydrogen-bond acceptors (Lipinski definition) is 11. The van der Waals surface area contributed by atoms with Crippen LogP contribution in [0.4, 0.5) is 0 Å². The molecule has 38 heavy (non-hydrogen) atoms. The van der Waals surface area contributed by atoms with Gasteiger partial charge in [0.2, 0.25) is 6.29 Å². The first-order chi connectivity index (χ1) is 17.8. The van der Waals surface area contributed by atoms with E-state index in [0.29, 0.717) is 0 Å². The van der Waals surface area contributed by atoms with Crippen LogP contribution in [0.1, 0.15) is 53.9 Å². The maximum absolute atomic E-state index is 10.8. The molecule has 0 aromatic rings. The highest BCUT2D eigenvalue weighted by molar-refractivity contribution is 5.40. The topological polar surface area (TPSA) is 179 Å². The molecule has 7 N–H and O–H groups in total. The Morgan fingerprint density at radius 2 is 1.47 bits per heavy atom. The summed E-state index contributed by atoms with van der Waals surface area (Å²) in [7, 11) is 0. The fraction of sp³-hybridized carbons (Fsp3) is 0.778. The van der Waals surface area contributed by atoms with Crippen molar-refractivity contribution in [1.82, 2.24) is 0 Å². The number of aliphatic hydroxyl groups is 7. The summed E-state index contributed by atoms with van der Waals surface area (Å²) in [6, 6.07) is 0. The third kappa shape index (κ3) is 6.67. The van der Waals surface area contributed by atoms with E-state index in [2.05, 4.69) is 26.8 Å². The van der Waals surface area contributed by atoms with Crippen molar-refractivity contribution in [2.24, 2.45) is 5.41 Å². The lowest BCUT2D eigenvalue weighted by atomic mass is 9.72. The van der Waals surface area contributed by atoms with E-state index in [-0.39, 0.29) is 5.41 Å². The molecule has 2 saturated heterocycles. The van der Waals surface area contributed by atoms with Crippen molar-refractivity contribution in [3.8, 4) is 0 Å². The Balaban J connectivity index is 1.69. The lowest BCUT2D eigenvalue weighted by Crippen LogP contribution is -2.64. The molecule has 0 saturated carbocycles. The van der Waals surface area contributed by atoms with E-state index >= 15 is 0 Å². The quantitative estimate of drug-likeness (QED) is 0.162. The van der Waals surface area contributed by atoms with Crippen LogP contribution in [0, 0.1) is 5.41 Å². The van der Waals surface area contributed by atoms with E-state index in [1.165, 1.54) is 23.8 Å². The second kappa shape index (κ2) is 12.9. The molecule has 0 unspecified atom stereocenters. The summed E-state index contributed by atoms with van der Waals surface area (Å²) in [5.41, 5.74) is 4.49. The Bertz CT molecular complexity index is 893. The van der Waals surface area contributed by atoms with Gasteiger partial charge in [0, 0.05) is 0 Å². The van der Waals surface area contributed by atoms with Crippen molar-refractivity contribution < 1.29 is 54.7 Å². The Morgan fingerprint density at radius 1 is 0.868 bits per heavy atom. The average Bonchev–Trinajstić information content (AvgIpc) is 2.88. The molecule has 0 aromatic heterocycles. The number of hydrogen-bond donors (Lipinski definition) is 7. The zero-order valence-electron chi connectivity index (χ0n) is 22.7. The minimum absolute atomic E-state index is 0.0713. The first kappa shape index (κ1) is 31.2. The molecule has 2 aliphatic heterocycles. The molecule has 2 fully saturated rings. The molecule has 0 amide bonds. The third-order valence-corrected chi connectivity index (χ3v) is 7.86. The Labute approximate surface area is 223 Å². The minimum atomic E-state index is -1.72. The molecule has 0 bridgehead atoms. The molecule has 11 nitrogen and oxygen atoms in total. The number of aliphatic hydroxyl groups excluding tert-OH is 7. The van der Waals surface area contributed by atoms with Crippen molar-refractivity contribution in [1.29, 1.82) is 0 Å². The van der Waals surface area contributed by atoms with Gasteiger partial charge >= 0.3 is 0 Å². The lowest BCUT2D eigenvalue weighted by Gasteiger charge is -2.45. The van der Waals surface area contributed by atoms with E-state index in [4.69, 9.17) is 18.9 Å². The van der Waals surface area contributed by atoms with Gasteiger partial charge in [-0.25, -0.2) is 0 Å². The average molecular weight is 545 g/mol. The smallest absolute Gasteiger partial charge is 0.228 e. The van der Waals surface area contributed by atoms with Gasteiger partial charge in [0.05, 0.1) is 19.5 Å². The highest BCUT2D eigenvalue weighted by Crippen LogP contribution is 2.41. The summed E-state index contributed by atoms with van der Waals surface area (Å²) < 4.78 is 22.2. The lowest BCUT2D eigenvalue weighted by molar-refractivity contribution is -0.355. The van der Waals surface area contributed by atoms with Gasteiger partial charge in [-0.1, -0.05) is 25.5 Å². The van der Waals surface area contributed by atoms with Gasteiger partial charge in [-0.05, 0) is 62.2 Å². The molecule has 10 atom stereocenters. The fourth-order valence-electron chi connectivity index (χ4n) is 5.22. The molecule has 1 aliphatic carbocycles. The first-order valence-electron chi connectivity index (χ1n) is 13.1. The van der Waals surface area contributed by atoms with E-state index in [1.807, 2.05) is 13.8 Å². The van der Waals surface area contributed by atoms with Crippen LogP contribution < -0.4 is 0 Å². The van der Waals surface area contributed by atoms with Crippen LogP contribution in [0.25, 0.3) is 0 Å². The summed E-state index contributed by atoms with van der Waals surface area (Å²) in [6.45, 7) is 9.15.